The Labute approximate surface area is 113 Å². The van der Waals surface area contributed by atoms with Gasteiger partial charge in [-0.1, -0.05) is 0 Å². The third-order valence-electron chi connectivity index (χ3n) is 2.66. The molecular formula is C14H11BrFNO. The number of carbonyl (C=O) groups excluding carboxylic acids is 1. The van der Waals surface area contributed by atoms with E-state index in [9.17, 15) is 9.18 Å². The Hall–Kier alpha value is -1.68. The zero-order chi connectivity index (χ0) is 13.3. The molecule has 0 unspecified atom stereocenters. The summed E-state index contributed by atoms with van der Waals surface area (Å²) >= 11 is 3.30. The number of hydrogen-bond acceptors (Lipinski definition) is 2. The molecule has 92 valence electrons. The van der Waals surface area contributed by atoms with Crippen molar-refractivity contribution in [3.05, 3.63) is 63.4 Å². The number of carbonyl (C=O) groups is 1. The quantitative estimate of drug-likeness (QED) is 0.679. The van der Waals surface area contributed by atoms with Crippen molar-refractivity contribution in [1.82, 2.24) is 0 Å². The lowest BCUT2D eigenvalue weighted by Gasteiger charge is -2.06. The number of aryl methyl sites for hydroxylation is 1. The van der Waals surface area contributed by atoms with Gasteiger partial charge >= 0.3 is 0 Å². The lowest BCUT2D eigenvalue weighted by atomic mass is 10.0. The summed E-state index contributed by atoms with van der Waals surface area (Å²) in [5.41, 5.74) is 7.62. The summed E-state index contributed by atoms with van der Waals surface area (Å²) in [5.74, 6) is -0.479. The Bertz CT molecular complexity index is 625. The second kappa shape index (κ2) is 4.90. The van der Waals surface area contributed by atoms with Crippen LogP contribution >= 0.6 is 15.9 Å². The maximum absolute atomic E-state index is 13.2. The van der Waals surface area contributed by atoms with Crippen LogP contribution in [0.1, 0.15) is 21.5 Å². The number of nitrogens with two attached hydrogens (primary N) is 1. The van der Waals surface area contributed by atoms with Gasteiger partial charge in [0.25, 0.3) is 0 Å². The van der Waals surface area contributed by atoms with Crippen molar-refractivity contribution in [3.63, 3.8) is 0 Å². The molecule has 0 aromatic heterocycles. The fourth-order valence-corrected chi connectivity index (χ4v) is 2.23. The van der Waals surface area contributed by atoms with Gasteiger partial charge in [-0.2, -0.15) is 0 Å². The molecule has 0 saturated carbocycles. The second-order valence-electron chi connectivity index (χ2n) is 4.03. The molecule has 0 spiro atoms. The molecule has 0 aliphatic rings. The molecule has 0 fully saturated rings. The van der Waals surface area contributed by atoms with Gasteiger partial charge in [-0.3, -0.25) is 4.79 Å². The summed E-state index contributed by atoms with van der Waals surface area (Å²) in [5, 5.41) is 0. The Kier molecular flexibility index (Phi) is 3.48. The van der Waals surface area contributed by atoms with Crippen LogP contribution in [0, 0.1) is 12.7 Å². The predicted octanol–water partition coefficient (Wildman–Crippen LogP) is 3.71. The van der Waals surface area contributed by atoms with Crippen LogP contribution in [0.2, 0.25) is 0 Å². The normalized spacial score (nSPS) is 10.4. The lowest BCUT2D eigenvalue weighted by Crippen LogP contribution is -2.03. The topological polar surface area (TPSA) is 43.1 Å². The van der Waals surface area contributed by atoms with E-state index in [2.05, 4.69) is 15.9 Å². The van der Waals surface area contributed by atoms with Crippen LogP contribution in [0.25, 0.3) is 0 Å². The van der Waals surface area contributed by atoms with Gasteiger partial charge in [0.1, 0.15) is 5.82 Å². The van der Waals surface area contributed by atoms with Crippen LogP contribution < -0.4 is 5.73 Å². The van der Waals surface area contributed by atoms with E-state index in [-0.39, 0.29) is 11.6 Å². The maximum atomic E-state index is 13.2. The van der Waals surface area contributed by atoms with Gasteiger partial charge in [0.15, 0.2) is 5.78 Å². The number of halogens is 2. The summed E-state index contributed by atoms with van der Waals surface area (Å²) in [6, 6.07) is 9.31. The molecule has 0 aliphatic carbocycles. The monoisotopic (exact) mass is 307 g/mol. The van der Waals surface area contributed by atoms with E-state index in [1.807, 2.05) is 0 Å². The molecule has 4 heteroatoms. The summed E-state index contributed by atoms with van der Waals surface area (Å²) in [4.78, 5) is 12.2. The molecule has 0 saturated heterocycles. The summed E-state index contributed by atoms with van der Waals surface area (Å²) in [6.45, 7) is 1.63. The van der Waals surface area contributed by atoms with E-state index in [4.69, 9.17) is 5.73 Å². The molecule has 0 aliphatic heterocycles. The summed E-state index contributed by atoms with van der Waals surface area (Å²) in [7, 11) is 0. The molecule has 0 heterocycles. The van der Waals surface area contributed by atoms with Gasteiger partial charge in [0, 0.05) is 21.3 Å². The van der Waals surface area contributed by atoms with Crippen LogP contribution in [0.15, 0.2) is 40.9 Å². The smallest absolute Gasteiger partial charge is 0.194 e. The van der Waals surface area contributed by atoms with Gasteiger partial charge in [-0.05, 0) is 64.8 Å². The zero-order valence-electron chi connectivity index (χ0n) is 9.71. The fourth-order valence-electron chi connectivity index (χ4n) is 1.66. The number of hydrogen-bond donors (Lipinski definition) is 1. The molecule has 0 bridgehead atoms. The van der Waals surface area contributed by atoms with Crippen molar-refractivity contribution in [3.8, 4) is 0 Å². The number of benzene rings is 2. The number of anilines is 1. The van der Waals surface area contributed by atoms with E-state index in [1.54, 1.807) is 31.2 Å². The second-order valence-corrected chi connectivity index (χ2v) is 4.89. The highest BCUT2D eigenvalue weighted by atomic mass is 79.9. The van der Waals surface area contributed by atoms with Crippen molar-refractivity contribution in [1.29, 1.82) is 0 Å². The molecule has 2 nitrogen and oxygen atoms in total. The first kappa shape index (κ1) is 12.8. The molecule has 2 aromatic carbocycles. The average Bonchev–Trinajstić information content (AvgIpc) is 2.32. The Morgan fingerprint density at radius 2 is 1.94 bits per heavy atom. The van der Waals surface area contributed by atoms with Crippen molar-refractivity contribution >= 4 is 27.4 Å². The van der Waals surface area contributed by atoms with E-state index >= 15 is 0 Å². The van der Waals surface area contributed by atoms with E-state index in [0.29, 0.717) is 26.9 Å². The molecule has 0 radical (unpaired) electrons. The highest BCUT2D eigenvalue weighted by molar-refractivity contribution is 9.10. The molecule has 2 aromatic rings. The summed E-state index contributed by atoms with van der Waals surface area (Å²) < 4.78 is 13.8. The van der Waals surface area contributed by atoms with Crippen LogP contribution in [0.5, 0.6) is 0 Å². The fraction of sp³-hybridized carbons (Fsp3) is 0.0714. The van der Waals surface area contributed by atoms with Crippen molar-refractivity contribution < 1.29 is 9.18 Å². The number of nitrogen functional groups attached to an aromatic ring is 1. The van der Waals surface area contributed by atoms with Gasteiger partial charge in [-0.15, -0.1) is 0 Å². The van der Waals surface area contributed by atoms with Crippen LogP contribution in [0.3, 0.4) is 0 Å². The molecule has 2 rings (SSSR count). The average molecular weight is 308 g/mol. The van der Waals surface area contributed by atoms with Crippen molar-refractivity contribution in [2.24, 2.45) is 0 Å². The Balaban J connectivity index is 2.44. The Morgan fingerprint density at radius 3 is 2.56 bits per heavy atom. The minimum atomic E-state index is -0.317. The molecular weight excluding hydrogens is 297 g/mol. The van der Waals surface area contributed by atoms with Crippen LogP contribution in [0.4, 0.5) is 10.1 Å². The first-order valence-electron chi connectivity index (χ1n) is 5.35. The van der Waals surface area contributed by atoms with Gasteiger partial charge in [0.05, 0.1) is 0 Å². The minimum absolute atomic E-state index is 0.162. The zero-order valence-corrected chi connectivity index (χ0v) is 11.3. The Morgan fingerprint density at radius 1 is 1.22 bits per heavy atom. The van der Waals surface area contributed by atoms with Crippen LogP contribution in [-0.4, -0.2) is 5.78 Å². The van der Waals surface area contributed by atoms with Gasteiger partial charge in [-0.25, -0.2) is 4.39 Å². The van der Waals surface area contributed by atoms with E-state index in [0.717, 1.165) is 0 Å². The first-order chi connectivity index (χ1) is 8.49. The number of rotatable bonds is 2. The summed E-state index contributed by atoms with van der Waals surface area (Å²) in [6.07, 6.45) is 0. The maximum Gasteiger partial charge on any atom is 0.194 e. The molecule has 0 atom stereocenters. The predicted molar refractivity (Wildman–Crippen MR) is 73.1 cm³/mol. The van der Waals surface area contributed by atoms with E-state index < -0.39 is 0 Å². The van der Waals surface area contributed by atoms with Crippen molar-refractivity contribution in [2.45, 2.75) is 6.92 Å². The SMILES string of the molecule is Cc1cc(C(=O)c2ccc(N)cc2Br)ccc1F. The standard InChI is InChI=1S/C14H11BrFNO/c1-8-6-9(2-5-13(8)16)14(18)11-4-3-10(17)7-12(11)15/h2-7H,17H2,1H3. The van der Waals surface area contributed by atoms with E-state index in [1.165, 1.54) is 12.1 Å². The highest BCUT2D eigenvalue weighted by Gasteiger charge is 2.13. The minimum Gasteiger partial charge on any atom is -0.399 e. The largest absolute Gasteiger partial charge is 0.399 e. The highest BCUT2D eigenvalue weighted by Crippen LogP contribution is 2.23. The van der Waals surface area contributed by atoms with Gasteiger partial charge < -0.3 is 5.73 Å². The van der Waals surface area contributed by atoms with Crippen molar-refractivity contribution in [2.75, 3.05) is 5.73 Å². The third kappa shape index (κ3) is 2.43. The first-order valence-corrected chi connectivity index (χ1v) is 6.14. The lowest BCUT2D eigenvalue weighted by molar-refractivity contribution is 0.103. The third-order valence-corrected chi connectivity index (χ3v) is 3.31. The molecule has 0 amide bonds. The van der Waals surface area contributed by atoms with Gasteiger partial charge in [0.2, 0.25) is 0 Å². The molecule has 18 heavy (non-hydrogen) atoms. The molecule has 2 N–H and O–H groups in total. The number of ketones is 1. The van der Waals surface area contributed by atoms with Crippen LogP contribution in [-0.2, 0) is 0 Å².